The van der Waals surface area contributed by atoms with Gasteiger partial charge in [-0.1, -0.05) is 41.1 Å². The van der Waals surface area contributed by atoms with Gasteiger partial charge in [-0.15, -0.1) is 0 Å². The van der Waals surface area contributed by atoms with Crippen molar-refractivity contribution in [1.29, 1.82) is 5.26 Å². The smallest absolute Gasteiger partial charge is 0.282 e. The summed E-state index contributed by atoms with van der Waals surface area (Å²) in [5.74, 6) is 1.57. The van der Waals surface area contributed by atoms with E-state index in [4.69, 9.17) is 9.47 Å². The highest BCUT2D eigenvalue weighted by Crippen LogP contribution is 2.43. The lowest BCUT2D eigenvalue weighted by atomic mass is 10.1. The van der Waals surface area contributed by atoms with Crippen LogP contribution < -0.4 is 15.0 Å². The Labute approximate surface area is 245 Å². The van der Waals surface area contributed by atoms with Gasteiger partial charge in [0.1, 0.15) is 12.4 Å². The number of nitrogens with zero attached hydrogens (tertiary/aromatic N) is 4. The average molecular weight is 703 g/mol. The zero-order valence-electron chi connectivity index (χ0n) is 20.7. The second kappa shape index (κ2) is 12.7. The SMILES string of the molecule is CCCc1nc2ccc(Br)cc2c(=O)n1N=Cc1cc(OCC)c(OCc2ccccc2C#N)c(Br)c1Br. The van der Waals surface area contributed by atoms with Crippen molar-refractivity contribution in [1.82, 2.24) is 9.66 Å². The second-order valence-corrected chi connectivity index (χ2v) is 10.7. The number of rotatable bonds is 9. The fraction of sp³-hybridized carbons (Fsp3) is 0.214. The predicted octanol–water partition coefficient (Wildman–Crippen LogP) is 7.37. The lowest BCUT2D eigenvalue weighted by Gasteiger charge is -2.17. The quantitative estimate of drug-likeness (QED) is 0.170. The molecule has 0 N–H and O–H groups in total. The van der Waals surface area contributed by atoms with Crippen LogP contribution in [-0.4, -0.2) is 22.5 Å². The van der Waals surface area contributed by atoms with E-state index in [-0.39, 0.29) is 12.2 Å². The molecule has 0 fully saturated rings. The molecule has 194 valence electrons. The number of fused-ring (bicyclic) bond motifs is 1. The van der Waals surface area contributed by atoms with Crippen molar-refractivity contribution in [2.75, 3.05) is 6.61 Å². The van der Waals surface area contributed by atoms with Crippen molar-refractivity contribution in [3.05, 3.63) is 94.8 Å². The van der Waals surface area contributed by atoms with Gasteiger partial charge in [0, 0.05) is 26.5 Å². The minimum atomic E-state index is -0.243. The number of benzene rings is 3. The maximum absolute atomic E-state index is 13.3. The second-order valence-electron chi connectivity index (χ2n) is 8.21. The first kappa shape index (κ1) is 28.0. The average Bonchev–Trinajstić information content (AvgIpc) is 2.91. The lowest BCUT2D eigenvalue weighted by molar-refractivity contribution is 0.267. The van der Waals surface area contributed by atoms with E-state index in [2.05, 4.69) is 63.9 Å². The summed E-state index contributed by atoms with van der Waals surface area (Å²) in [5, 5.41) is 14.4. The highest BCUT2D eigenvalue weighted by Gasteiger charge is 2.18. The van der Waals surface area contributed by atoms with Gasteiger partial charge in [-0.3, -0.25) is 4.79 Å². The minimum absolute atomic E-state index is 0.191. The third kappa shape index (κ3) is 6.01. The van der Waals surface area contributed by atoms with Gasteiger partial charge in [0.25, 0.3) is 5.56 Å². The molecule has 1 heterocycles. The van der Waals surface area contributed by atoms with Gasteiger partial charge >= 0.3 is 0 Å². The molecule has 10 heteroatoms. The van der Waals surface area contributed by atoms with Crippen LogP contribution in [0.3, 0.4) is 0 Å². The Morgan fingerprint density at radius 3 is 2.61 bits per heavy atom. The zero-order valence-corrected chi connectivity index (χ0v) is 25.4. The van der Waals surface area contributed by atoms with Crippen LogP contribution in [0.2, 0.25) is 0 Å². The van der Waals surface area contributed by atoms with Crippen LogP contribution in [0.15, 0.2) is 71.8 Å². The van der Waals surface area contributed by atoms with E-state index in [0.29, 0.717) is 61.3 Å². The monoisotopic (exact) mass is 700 g/mol. The molecule has 0 bridgehead atoms. The van der Waals surface area contributed by atoms with Crippen molar-refractivity contribution in [3.8, 4) is 17.6 Å². The molecule has 1 aromatic heterocycles. The summed E-state index contributed by atoms with van der Waals surface area (Å²) >= 11 is 10.7. The topological polar surface area (TPSA) is 89.5 Å². The Balaban J connectivity index is 1.75. The Hall–Kier alpha value is -3.00. The standard InChI is InChI=1S/C28H23Br3N4O3/c1-3-7-24-34-22-11-10-20(29)13-21(22)28(36)35(24)33-15-19-12-23(37-4-2)27(26(31)25(19)30)38-16-18-9-6-5-8-17(18)14-32/h5-6,8-13,15H,3-4,7,16H2,1-2H3. The van der Waals surface area contributed by atoms with E-state index < -0.39 is 0 Å². The summed E-state index contributed by atoms with van der Waals surface area (Å²) in [4.78, 5) is 18.0. The van der Waals surface area contributed by atoms with Gasteiger partial charge < -0.3 is 9.47 Å². The fourth-order valence-corrected chi connectivity index (χ4v) is 5.12. The lowest BCUT2D eigenvalue weighted by Crippen LogP contribution is -2.22. The molecule has 0 spiro atoms. The first-order chi connectivity index (χ1) is 18.4. The third-order valence-corrected chi connectivity index (χ3v) is 8.26. The summed E-state index contributed by atoms with van der Waals surface area (Å²) < 4.78 is 15.4. The number of ether oxygens (including phenoxy) is 2. The van der Waals surface area contributed by atoms with E-state index in [9.17, 15) is 10.1 Å². The van der Waals surface area contributed by atoms with Crippen LogP contribution in [0.4, 0.5) is 0 Å². The largest absolute Gasteiger partial charge is 0.490 e. The van der Waals surface area contributed by atoms with Crippen LogP contribution >= 0.6 is 47.8 Å². The molecule has 0 saturated carbocycles. The van der Waals surface area contributed by atoms with E-state index >= 15 is 0 Å². The van der Waals surface area contributed by atoms with E-state index in [1.54, 1.807) is 24.4 Å². The Kier molecular flexibility index (Phi) is 9.36. The molecule has 0 aliphatic heterocycles. The minimum Gasteiger partial charge on any atom is -0.490 e. The molecular formula is C28H23Br3N4O3. The number of aromatic nitrogens is 2. The molecule has 4 rings (SSSR count). The Bertz CT molecular complexity index is 1630. The van der Waals surface area contributed by atoms with Crippen LogP contribution in [0.1, 0.15) is 42.8 Å². The molecule has 0 saturated heterocycles. The Morgan fingerprint density at radius 1 is 1.08 bits per heavy atom. The zero-order chi connectivity index (χ0) is 27.2. The summed E-state index contributed by atoms with van der Waals surface area (Å²) in [6.45, 7) is 4.52. The number of nitriles is 1. The van der Waals surface area contributed by atoms with Crippen molar-refractivity contribution < 1.29 is 9.47 Å². The van der Waals surface area contributed by atoms with Gasteiger partial charge in [-0.2, -0.15) is 15.0 Å². The molecule has 3 aromatic carbocycles. The van der Waals surface area contributed by atoms with Crippen molar-refractivity contribution in [3.63, 3.8) is 0 Å². The van der Waals surface area contributed by atoms with E-state index in [1.165, 1.54) is 4.68 Å². The van der Waals surface area contributed by atoms with Crippen LogP contribution in [-0.2, 0) is 13.0 Å². The fourth-order valence-electron chi connectivity index (χ4n) is 3.82. The summed E-state index contributed by atoms with van der Waals surface area (Å²) in [5.41, 5.74) is 2.38. The number of hydrogen-bond donors (Lipinski definition) is 0. The van der Waals surface area contributed by atoms with Crippen LogP contribution in [0.25, 0.3) is 10.9 Å². The van der Waals surface area contributed by atoms with Crippen molar-refractivity contribution in [2.24, 2.45) is 5.10 Å². The van der Waals surface area contributed by atoms with Gasteiger partial charge in [-0.05, 0) is 75.5 Å². The molecule has 7 nitrogen and oxygen atoms in total. The van der Waals surface area contributed by atoms with Crippen LogP contribution in [0.5, 0.6) is 11.5 Å². The van der Waals surface area contributed by atoms with Gasteiger partial charge in [0.05, 0.1) is 39.8 Å². The Morgan fingerprint density at radius 2 is 1.87 bits per heavy atom. The van der Waals surface area contributed by atoms with Crippen LogP contribution in [0, 0.1) is 11.3 Å². The maximum Gasteiger partial charge on any atom is 0.282 e. The summed E-state index contributed by atoms with van der Waals surface area (Å²) in [6, 6.07) is 16.7. The van der Waals surface area contributed by atoms with Gasteiger partial charge in [0.15, 0.2) is 11.5 Å². The molecule has 0 aliphatic carbocycles. The molecule has 0 unspecified atom stereocenters. The molecule has 0 amide bonds. The van der Waals surface area contributed by atoms with Crippen molar-refractivity contribution >= 4 is 64.9 Å². The van der Waals surface area contributed by atoms with E-state index in [0.717, 1.165) is 16.5 Å². The predicted molar refractivity (Wildman–Crippen MR) is 159 cm³/mol. The van der Waals surface area contributed by atoms with E-state index in [1.807, 2.05) is 44.2 Å². The molecule has 0 radical (unpaired) electrons. The molecule has 0 aliphatic rings. The molecular weight excluding hydrogens is 680 g/mol. The molecule has 4 aromatic rings. The maximum atomic E-state index is 13.3. The highest BCUT2D eigenvalue weighted by molar-refractivity contribution is 9.13. The normalized spacial score (nSPS) is 11.2. The highest BCUT2D eigenvalue weighted by atomic mass is 79.9. The number of halogens is 3. The first-order valence-corrected chi connectivity index (χ1v) is 14.3. The molecule has 0 atom stereocenters. The number of hydrogen-bond acceptors (Lipinski definition) is 6. The van der Waals surface area contributed by atoms with Gasteiger partial charge in [0.2, 0.25) is 0 Å². The van der Waals surface area contributed by atoms with Gasteiger partial charge in [-0.25, -0.2) is 4.98 Å². The first-order valence-electron chi connectivity index (χ1n) is 11.9. The molecule has 38 heavy (non-hydrogen) atoms. The summed E-state index contributed by atoms with van der Waals surface area (Å²) in [6.07, 6.45) is 3.01. The van der Waals surface area contributed by atoms with Crippen molar-refractivity contribution in [2.45, 2.75) is 33.3 Å². The third-order valence-electron chi connectivity index (χ3n) is 5.63. The summed E-state index contributed by atoms with van der Waals surface area (Å²) in [7, 11) is 0. The number of aryl methyl sites for hydroxylation is 1.